The zero-order chi connectivity index (χ0) is 10.0. The average Bonchev–Trinajstić information content (AvgIpc) is 2.67. The number of hydrogen-bond donors (Lipinski definition) is 1. The van der Waals surface area contributed by atoms with E-state index in [1.165, 1.54) is 0 Å². The van der Waals surface area contributed by atoms with Gasteiger partial charge in [0.25, 0.3) is 0 Å². The van der Waals surface area contributed by atoms with E-state index >= 15 is 0 Å². The maximum Gasteiger partial charge on any atom is 0.141 e. The molecule has 78 valence electrons. The predicted octanol–water partition coefficient (Wildman–Crippen LogP) is 1.45. The number of alkyl halides is 1. The molecule has 0 atom stereocenters. The van der Waals surface area contributed by atoms with Gasteiger partial charge in [-0.05, 0) is 32.9 Å². The van der Waals surface area contributed by atoms with Gasteiger partial charge in [0.2, 0.25) is 0 Å². The fraction of sp³-hybridized carbons (Fsp3) is 0.700. The Kier molecular flexibility index (Phi) is 2.54. The molecule has 1 aromatic heterocycles. The summed E-state index contributed by atoms with van der Waals surface area (Å²) in [6.45, 7) is 4.32. The van der Waals surface area contributed by atoms with Crippen molar-refractivity contribution < 1.29 is 4.39 Å². The molecule has 0 radical (unpaired) electrons. The topological polar surface area (TPSA) is 29.9 Å². The second kappa shape index (κ2) is 3.69. The lowest BCUT2D eigenvalue weighted by molar-refractivity contribution is 0.115. The smallest absolute Gasteiger partial charge is 0.141 e. The summed E-state index contributed by atoms with van der Waals surface area (Å²) in [6.07, 6.45) is 4.60. The lowest BCUT2D eigenvalue weighted by atomic mass is 9.89. The Balaban J connectivity index is 2.19. The van der Waals surface area contributed by atoms with Gasteiger partial charge in [0.1, 0.15) is 5.67 Å². The number of halogens is 1. The van der Waals surface area contributed by atoms with Crippen LogP contribution in [-0.2, 0) is 12.2 Å². The minimum atomic E-state index is -1.15. The SMILES string of the molecule is CCn1cc(C2(F)CCNCC2)cn1. The van der Waals surface area contributed by atoms with Crippen LogP contribution >= 0.6 is 0 Å². The van der Waals surface area contributed by atoms with Crippen LogP contribution in [0.2, 0.25) is 0 Å². The van der Waals surface area contributed by atoms with E-state index in [4.69, 9.17) is 0 Å². The van der Waals surface area contributed by atoms with Crippen molar-refractivity contribution in [3.63, 3.8) is 0 Å². The van der Waals surface area contributed by atoms with Crippen LogP contribution in [0, 0.1) is 0 Å². The first-order valence-corrected chi connectivity index (χ1v) is 5.17. The molecule has 1 fully saturated rings. The summed E-state index contributed by atoms with van der Waals surface area (Å²) in [4.78, 5) is 0. The summed E-state index contributed by atoms with van der Waals surface area (Å²) in [7, 11) is 0. The van der Waals surface area contributed by atoms with Crippen LogP contribution < -0.4 is 5.32 Å². The number of piperidine rings is 1. The normalized spacial score (nSPS) is 21.0. The molecular formula is C10H16FN3. The molecular weight excluding hydrogens is 181 g/mol. The van der Waals surface area contributed by atoms with Crippen LogP contribution in [0.5, 0.6) is 0 Å². The van der Waals surface area contributed by atoms with E-state index in [0.717, 1.165) is 25.2 Å². The number of nitrogens with one attached hydrogen (secondary N) is 1. The molecule has 1 aromatic rings. The third-order valence-electron chi connectivity index (χ3n) is 2.87. The zero-order valence-corrected chi connectivity index (χ0v) is 8.46. The molecule has 2 heterocycles. The Hall–Kier alpha value is -0.900. The van der Waals surface area contributed by atoms with Gasteiger partial charge in [-0.15, -0.1) is 0 Å². The minimum Gasteiger partial charge on any atom is -0.316 e. The molecule has 2 rings (SSSR count). The van der Waals surface area contributed by atoms with Gasteiger partial charge in [0.15, 0.2) is 0 Å². The van der Waals surface area contributed by atoms with Gasteiger partial charge in [-0.25, -0.2) is 4.39 Å². The Bertz CT molecular complexity index is 302. The highest BCUT2D eigenvalue weighted by Gasteiger charge is 2.34. The number of rotatable bonds is 2. The highest BCUT2D eigenvalue weighted by molar-refractivity contribution is 5.16. The molecule has 0 bridgehead atoms. The summed E-state index contributed by atoms with van der Waals surface area (Å²) in [5.41, 5.74) is -0.417. The first kappa shape index (κ1) is 9.65. The molecule has 1 aliphatic rings. The third kappa shape index (κ3) is 1.66. The highest BCUT2D eigenvalue weighted by Crippen LogP contribution is 2.34. The molecule has 0 spiro atoms. The lowest BCUT2D eigenvalue weighted by Crippen LogP contribution is -2.36. The van der Waals surface area contributed by atoms with Gasteiger partial charge in [-0.3, -0.25) is 4.68 Å². The molecule has 0 aromatic carbocycles. The van der Waals surface area contributed by atoms with Crippen LogP contribution in [0.4, 0.5) is 4.39 Å². The van der Waals surface area contributed by atoms with Crippen LogP contribution in [0.25, 0.3) is 0 Å². The summed E-state index contributed by atoms with van der Waals surface area (Å²) >= 11 is 0. The van der Waals surface area contributed by atoms with Gasteiger partial charge in [-0.2, -0.15) is 5.10 Å². The van der Waals surface area contributed by atoms with Crippen molar-refractivity contribution in [2.45, 2.75) is 32.0 Å². The zero-order valence-electron chi connectivity index (χ0n) is 8.46. The quantitative estimate of drug-likeness (QED) is 0.777. The molecule has 0 amide bonds. The number of aryl methyl sites for hydroxylation is 1. The molecule has 1 aliphatic heterocycles. The van der Waals surface area contributed by atoms with E-state index in [1.807, 2.05) is 13.1 Å². The fourth-order valence-corrected chi connectivity index (χ4v) is 1.88. The van der Waals surface area contributed by atoms with E-state index in [-0.39, 0.29) is 0 Å². The Morgan fingerprint density at radius 3 is 2.86 bits per heavy atom. The second-order valence-corrected chi connectivity index (χ2v) is 3.80. The predicted molar refractivity (Wildman–Crippen MR) is 52.8 cm³/mol. The van der Waals surface area contributed by atoms with Crippen LogP contribution in [-0.4, -0.2) is 22.9 Å². The molecule has 4 heteroatoms. The van der Waals surface area contributed by atoms with Crippen LogP contribution in [0.1, 0.15) is 25.3 Å². The van der Waals surface area contributed by atoms with Gasteiger partial charge in [0, 0.05) is 18.3 Å². The second-order valence-electron chi connectivity index (χ2n) is 3.80. The number of hydrogen-bond acceptors (Lipinski definition) is 2. The van der Waals surface area contributed by atoms with Crippen molar-refractivity contribution in [1.29, 1.82) is 0 Å². The Morgan fingerprint density at radius 2 is 2.29 bits per heavy atom. The summed E-state index contributed by atoms with van der Waals surface area (Å²) in [5, 5.41) is 7.27. The van der Waals surface area contributed by atoms with Gasteiger partial charge in [0.05, 0.1) is 6.20 Å². The minimum absolute atomic E-state index is 0.558. The standard InChI is InChI=1S/C10H16FN3/c1-2-14-8-9(7-13-14)10(11)3-5-12-6-4-10/h7-8,12H,2-6H2,1H3. The van der Waals surface area contributed by atoms with Crippen molar-refractivity contribution in [3.8, 4) is 0 Å². The van der Waals surface area contributed by atoms with Crippen molar-refractivity contribution >= 4 is 0 Å². The van der Waals surface area contributed by atoms with E-state index in [0.29, 0.717) is 12.8 Å². The van der Waals surface area contributed by atoms with E-state index in [2.05, 4.69) is 10.4 Å². The summed E-state index contributed by atoms with van der Waals surface area (Å²) in [5.74, 6) is 0. The number of nitrogens with zero attached hydrogens (tertiary/aromatic N) is 2. The molecule has 0 unspecified atom stereocenters. The Morgan fingerprint density at radius 1 is 1.57 bits per heavy atom. The maximum atomic E-state index is 14.4. The third-order valence-corrected chi connectivity index (χ3v) is 2.87. The van der Waals surface area contributed by atoms with E-state index < -0.39 is 5.67 Å². The van der Waals surface area contributed by atoms with Gasteiger partial charge in [-0.1, -0.05) is 0 Å². The fourth-order valence-electron chi connectivity index (χ4n) is 1.88. The van der Waals surface area contributed by atoms with Crippen molar-refractivity contribution in [2.24, 2.45) is 0 Å². The molecule has 1 N–H and O–H groups in total. The van der Waals surface area contributed by atoms with Crippen molar-refractivity contribution in [3.05, 3.63) is 18.0 Å². The van der Waals surface area contributed by atoms with Gasteiger partial charge >= 0.3 is 0 Å². The first-order valence-electron chi connectivity index (χ1n) is 5.17. The largest absolute Gasteiger partial charge is 0.316 e. The van der Waals surface area contributed by atoms with Crippen molar-refractivity contribution in [2.75, 3.05) is 13.1 Å². The molecule has 0 aliphatic carbocycles. The van der Waals surface area contributed by atoms with Crippen LogP contribution in [0.3, 0.4) is 0 Å². The summed E-state index contributed by atoms with van der Waals surface area (Å²) in [6, 6.07) is 0. The van der Waals surface area contributed by atoms with Crippen molar-refractivity contribution in [1.82, 2.24) is 15.1 Å². The highest BCUT2D eigenvalue weighted by atomic mass is 19.1. The first-order chi connectivity index (χ1) is 6.74. The lowest BCUT2D eigenvalue weighted by Gasteiger charge is -2.28. The summed E-state index contributed by atoms with van der Waals surface area (Å²) < 4.78 is 16.1. The maximum absolute atomic E-state index is 14.4. The molecule has 3 nitrogen and oxygen atoms in total. The van der Waals surface area contributed by atoms with E-state index in [1.54, 1.807) is 10.9 Å². The molecule has 0 saturated carbocycles. The number of aromatic nitrogens is 2. The van der Waals surface area contributed by atoms with Gasteiger partial charge < -0.3 is 5.32 Å². The monoisotopic (exact) mass is 197 g/mol. The molecule has 14 heavy (non-hydrogen) atoms. The van der Waals surface area contributed by atoms with Crippen LogP contribution in [0.15, 0.2) is 12.4 Å². The Labute approximate surface area is 83.3 Å². The average molecular weight is 197 g/mol. The molecule has 1 saturated heterocycles. The van der Waals surface area contributed by atoms with E-state index in [9.17, 15) is 4.39 Å².